The molecule has 3 N–H and O–H groups in total. The Balaban J connectivity index is 1.18. The van der Waals surface area contributed by atoms with Crippen molar-refractivity contribution in [3.8, 4) is 33.9 Å². The molecule has 0 saturated carbocycles. The first-order valence-corrected chi connectivity index (χ1v) is 15.1. The van der Waals surface area contributed by atoms with Crippen molar-refractivity contribution in [1.29, 1.82) is 0 Å². The lowest BCUT2D eigenvalue weighted by Crippen LogP contribution is -2.45. The Morgan fingerprint density at radius 2 is 1.64 bits per heavy atom. The highest BCUT2D eigenvalue weighted by molar-refractivity contribution is 5.97. The normalized spacial score (nSPS) is 17.9. The zero-order valence-electron chi connectivity index (χ0n) is 25.1. The van der Waals surface area contributed by atoms with Crippen molar-refractivity contribution >= 4 is 17.7 Å². The van der Waals surface area contributed by atoms with Crippen LogP contribution in [0.25, 0.3) is 22.4 Å². The summed E-state index contributed by atoms with van der Waals surface area (Å²) in [5.74, 6) is -0.854. The Morgan fingerprint density at radius 1 is 0.851 bits per heavy atom. The smallest absolute Gasteiger partial charge is 0.258 e. The van der Waals surface area contributed by atoms with Crippen LogP contribution in [0.5, 0.6) is 11.5 Å². The van der Waals surface area contributed by atoms with Gasteiger partial charge in [0.15, 0.2) is 6.61 Å². The molecule has 1 saturated heterocycles. The maximum Gasteiger partial charge on any atom is 0.258 e. The zero-order valence-corrected chi connectivity index (χ0v) is 25.1. The van der Waals surface area contributed by atoms with Gasteiger partial charge in [-0.2, -0.15) is 5.10 Å². The summed E-state index contributed by atoms with van der Waals surface area (Å²) in [7, 11) is 0. The minimum absolute atomic E-state index is 0.148. The van der Waals surface area contributed by atoms with Gasteiger partial charge in [-0.05, 0) is 76.9 Å². The van der Waals surface area contributed by atoms with E-state index in [2.05, 4.69) is 20.8 Å². The van der Waals surface area contributed by atoms with Crippen LogP contribution in [0.15, 0.2) is 103 Å². The third-order valence-corrected chi connectivity index (χ3v) is 8.26. The second kappa shape index (κ2) is 12.8. The van der Waals surface area contributed by atoms with Gasteiger partial charge in [0, 0.05) is 24.8 Å². The molecule has 10 nitrogen and oxygen atoms in total. The number of benzene rings is 4. The van der Waals surface area contributed by atoms with Crippen molar-refractivity contribution in [1.82, 2.24) is 25.7 Å². The summed E-state index contributed by atoms with van der Waals surface area (Å²) in [5, 5.41) is 12.7. The van der Waals surface area contributed by atoms with Crippen molar-refractivity contribution in [2.75, 3.05) is 19.7 Å². The summed E-state index contributed by atoms with van der Waals surface area (Å²) < 4.78 is 27.1. The molecule has 0 aliphatic carbocycles. The minimum atomic E-state index is -0.686. The summed E-state index contributed by atoms with van der Waals surface area (Å²) in [5.41, 5.74) is 4.18. The number of nitrogens with one attached hydrogen (secondary N) is 3. The molecule has 11 heteroatoms. The van der Waals surface area contributed by atoms with Crippen LogP contribution in [0.1, 0.15) is 26.3 Å². The van der Waals surface area contributed by atoms with E-state index < -0.39 is 23.9 Å². The number of carbonyl (C=O) groups excluding carboxylic acids is 3. The van der Waals surface area contributed by atoms with Gasteiger partial charge in [0.1, 0.15) is 23.4 Å². The van der Waals surface area contributed by atoms with Crippen LogP contribution in [0.4, 0.5) is 4.39 Å². The van der Waals surface area contributed by atoms with E-state index in [4.69, 9.17) is 9.47 Å². The molecule has 3 aliphatic rings. The van der Waals surface area contributed by atoms with E-state index in [9.17, 15) is 14.4 Å². The molecule has 3 aliphatic heterocycles. The molecule has 2 atom stereocenters. The number of hydrogen-bond donors (Lipinski definition) is 3. The monoisotopic (exact) mass is 631 g/mol. The number of rotatable bonds is 2. The fourth-order valence-electron chi connectivity index (χ4n) is 5.74. The number of H-pyrrole nitrogens is 1. The van der Waals surface area contributed by atoms with E-state index in [0.29, 0.717) is 34.7 Å². The molecule has 4 aromatic carbocycles. The molecular weight excluding hydrogens is 601 g/mol. The molecule has 236 valence electrons. The Labute approximate surface area is 269 Å². The highest BCUT2D eigenvalue weighted by atomic mass is 19.1. The molecule has 1 fully saturated rings. The van der Waals surface area contributed by atoms with Gasteiger partial charge in [0.25, 0.3) is 17.7 Å². The number of hydrogen-bond acceptors (Lipinski definition) is 6. The topological polar surface area (TPSA) is 126 Å². The summed E-state index contributed by atoms with van der Waals surface area (Å²) in [6.07, 6.45) is 1.04. The van der Waals surface area contributed by atoms with Crippen molar-refractivity contribution in [2.24, 2.45) is 0 Å². The van der Waals surface area contributed by atoms with Crippen molar-refractivity contribution in [2.45, 2.75) is 18.7 Å². The molecule has 4 heterocycles. The highest BCUT2D eigenvalue weighted by Crippen LogP contribution is 2.27. The summed E-state index contributed by atoms with van der Waals surface area (Å²) in [6.45, 7) is 0.459. The fourth-order valence-corrected chi connectivity index (χ4v) is 5.74. The number of fused-ring (bicyclic) bond motifs is 7. The predicted molar refractivity (Wildman–Crippen MR) is 171 cm³/mol. The Bertz CT molecular complexity index is 1930. The first-order chi connectivity index (χ1) is 22.9. The van der Waals surface area contributed by atoms with Gasteiger partial charge in [-0.25, -0.2) is 4.39 Å². The van der Waals surface area contributed by atoms with Crippen molar-refractivity contribution < 1.29 is 28.2 Å². The average molecular weight is 632 g/mol. The van der Waals surface area contributed by atoms with Gasteiger partial charge < -0.3 is 25.0 Å². The standard InChI is InChI=1S/C36H30FN5O5/c37-30-13-10-26-17-29(30)35(44)40-32-19-42(36(45)24-8-6-23(7-9-24)31-14-15-39-41-31)20-33(32)47-27-11-4-22(5-12-27)18-38-34(43)21-46-28-3-1-2-25(26)16-28/h1-17,32-33H,18-21H2,(H,38,43)(H,39,41)(H,40,44)/t32-,33-/m0/s1. The maximum absolute atomic E-state index is 15.1. The lowest BCUT2D eigenvalue weighted by molar-refractivity contribution is -0.123. The van der Waals surface area contributed by atoms with Gasteiger partial charge in [0.2, 0.25) is 0 Å². The van der Waals surface area contributed by atoms with E-state index in [1.807, 2.05) is 36.4 Å². The summed E-state index contributed by atoms with van der Waals surface area (Å²) >= 11 is 0. The quantitative estimate of drug-likeness (QED) is 0.262. The minimum Gasteiger partial charge on any atom is -0.486 e. The summed E-state index contributed by atoms with van der Waals surface area (Å²) in [4.78, 5) is 41.3. The summed E-state index contributed by atoms with van der Waals surface area (Å²) in [6, 6.07) is 26.9. The second-order valence-electron chi connectivity index (χ2n) is 11.4. The fraction of sp³-hybridized carbons (Fsp3) is 0.167. The van der Waals surface area contributed by atoms with E-state index in [-0.39, 0.29) is 37.1 Å². The third-order valence-electron chi connectivity index (χ3n) is 8.26. The highest BCUT2D eigenvalue weighted by Gasteiger charge is 2.38. The number of nitrogens with zero attached hydrogens (tertiary/aromatic N) is 2. The van der Waals surface area contributed by atoms with Gasteiger partial charge in [-0.15, -0.1) is 0 Å². The zero-order chi connectivity index (χ0) is 32.3. The average Bonchev–Trinajstić information content (AvgIpc) is 3.78. The first kappa shape index (κ1) is 29.7. The molecular formula is C36H30FN5O5. The first-order valence-electron chi connectivity index (χ1n) is 15.1. The SMILES string of the molecule is O=C1COc2cccc(c2)-c2ccc(F)c(c2)C(=O)N[C@H]2CN(C(=O)c3ccc(-c4ccn[nH]4)cc3)C[C@@H]2Oc2ccc(cc2)CN1. The van der Waals surface area contributed by atoms with Crippen molar-refractivity contribution in [3.05, 3.63) is 126 Å². The van der Waals surface area contributed by atoms with E-state index in [0.717, 1.165) is 16.8 Å². The van der Waals surface area contributed by atoms with Crippen LogP contribution in [-0.2, 0) is 11.3 Å². The number of ether oxygens (including phenoxy) is 2. The van der Waals surface area contributed by atoms with E-state index in [1.165, 1.54) is 12.1 Å². The van der Waals surface area contributed by atoms with Gasteiger partial charge in [-0.1, -0.05) is 42.5 Å². The number of likely N-dealkylation sites (tertiary alicyclic amines) is 1. The number of carbonyl (C=O) groups is 3. The second-order valence-corrected chi connectivity index (χ2v) is 11.4. The number of aromatic nitrogens is 2. The van der Waals surface area contributed by atoms with Crippen LogP contribution in [-0.4, -0.2) is 64.7 Å². The molecule has 5 aromatic rings. The lowest BCUT2D eigenvalue weighted by atomic mass is 10.0. The lowest BCUT2D eigenvalue weighted by Gasteiger charge is -2.21. The van der Waals surface area contributed by atoms with Crippen LogP contribution in [0.3, 0.4) is 0 Å². The van der Waals surface area contributed by atoms with Crippen molar-refractivity contribution in [3.63, 3.8) is 0 Å². The molecule has 0 unspecified atom stereocenters. The van der Waals surface area contributed by atoms with Gasteiger partial charge in [-0.3, -0.25) is 19.5 Å². The van der Waals surface area contributed by atoms with Crippen LogP contribution < -0.4 is 20.1 Å². The molecule has 6 bridgehead atoms. The predicted octanol–water partition coefficient (Wildman–Crippen LogP) is 4.59. The number of aromatic amines is 1. The maximum atomic E-state index is 15.1. The Kier molecular flexibility index (Phi) is 8.09. The van der Waals surface area contributed by atoms with Gasteiger partial charge >= 0.3 is 0 Å². The number of halogens is 1. The van der Waals surface area contributed by atoms with Crippen LogP contribution in [0.2, 0.25) is 0 Å². The third kappa shape index (κ3) is 6.55. The molecule has 0 spiro atoms. The largest absolute Gasteiger partial charge is 0.486 e. The van der Waals surface area contributed by atoms with Crippen LogP contribution >= 0.6 is 0 Å². The molecule has 0 radical (unpaired) electrons. The Hall–Kier alpha value is -5.97. The molecule has 8 rings (SSSR count). The molecule has 3 amide bonds. The van der Waals surface area contributed by atoms with E-state index >= 15 is 4.39 Å². The number of amides is 3. The van der Waals surface area contributed by atoms with E-state index in [1.54, 1.807) is 59.6 Å². The van der Waals surface area contributed by atoms with Gasteiger partial charge in [0.05, 0.1) is 23.8 Å². The Morgan fingerprint density at radius 3 is 2.43 bits per heavy atom. The molecule has 1 aromatic heterocycles. The van der Waals surface area contributed by atoms with Crippen LogP contribution in [0, 0.1) is 5.82 Å². The molecule has 47 heavy (non-hydrogen) atoms.